The minimum atomic E-state index is -0.155. The minimum absolute atomic E-state index is 0.155. The highest BCUT2D eigenvalue weighted by atomic mass is 19.1. The van der Waals surface area contributed by atoms with E-state index in [4.69, 9.17) is 0 Å². The van der Waals surface area contributed by atoms with Crippen molar-refractivity contribution in [1.82, 2.24) is 5.32 Å². The normalized spacial score (nSPS) is 14.8. The highest BCUT2D eigenvalue weighted by Crippen LogP contribution is 2.14. The van der Waals surface area contributed by atoms with Crippen LogP contribution in [0.4, 0.5) is 4.39 Å². The molecule has 0 aliphatic heterocycles. The molecule has 0 aliphatic carbocycles. The molecule has 1 aromatic carbocycles. The van der Waals surface area contributed by atoms with Crippen LogP contribution >= 0.6 is 0 Å². The van der Waals surface area contributed by atoms with Gasteiger partial charge in [-0.3, -0.25) is 0 Å². The predicted molar refractivity (Wildman–Crippen MR) is 67.0 cm³/mol. The molecule has 2 heteroatoms. The first-order valence-corrected chi connectivity index (χ1v) is 6.09. The molecule has 16 heavy (non-hydrogen) atoms. The molecule has 0 bridgehead atoms. The number of hydrogen-bond acceptors (Lipinski definition) is 1. The van der Waals surface area contributed by atoms with E-state index in [9.17, 15) is 4.39 Å². The largest absolute Gasteiger partial charge is 0.315 e. The van der Waals surface area contributed by atoms with Crippen LogP contribution in [0.3, 0.4) is 0 Å². The van der Waals surface area contributed by atoms with Crippen LogP contribution in [0.1, 0.15) is 32.8 Å². The maximum absolute atomic E-state index is 12.7. The Balaban J connectivity index is 2.39. The predicted octanol–water partition coefficient (Wildman–Crippen LogP) is 3.39. The quantitative estimate of drug-likeness (QED) is 0.779. The molecule has 0 spiro atoms. The van der Waals surface area contributed by atoms with Gasteiger partial charge in [-0.25, -0.2) is 4.39 Å². The summed E-state index contributed by atoms with van der Waals surface area (Å²) in [6.07, 6.45) is 2.18. The molecular formula is C14H22FN. The topological polar surface area (TPSA) is 12.0 Å². The van der Waals surface area contributed by atoms with Crippen LogP contribution in [0.2, 0.25) is 0 Å². The van der Waals surface area contributed by atoms with Gasteiger partial charge in [-0.1, -0.05) is 26.0 Å². The summed E-state index contributed by atoms with van der Waals surface area (Å²) in [5.41, 5.74) is 1.22. The maximum Gasteiger partial charge on any atom is 0.123 e. The molecule has 2 atom stereocenters. The Kier molecular flexibility index (Phi) is 5.47. The van der Waals surface area contributed by atoms with E-state index in [1.165, 1.54) is 17.7 Å². The van der Waals surface area contributed by atoms with Gasteiger partial charge in [-0.05, 0) is 49.9 Å². The average molecular weight is 223 g/mol. The zero-order chi connectivity index (χ0) is 12.0. The molecule has 90 valence electrons. The molecule has 0 saturated heterocycles. The van der Waals surface area contributed by atoms with Gasteiger partial charge in [-0.2, -0.15) is 0 Å². The van der Waals surface area contributed by atoms with Gasteiger partial charge in [-0.15, -0.1) is 0 Å². The number of halogens is 1. The van der Waals surface area contributed by atoms with Crippen LogP contribution in [0.15, 0.2) is 24.3 Å². The summed E-state index contributed by atoms with van der Waals surface area (Å²) in [5, 5.41) is 3.41. The molecule has 0 aromatic heterocycles. The fourth-order valence-electron chi connectivity index (χ4n) is 2.14. The standard InChI is InChI=1S/C14H22FN/c1-4-16-12(3)9-11(2)10-13-5-7-14(15)8-6-13/h5-8,11-12,16H,4,9-10H2,1-3H3. The Bertz CT molecular complexity index is 294. The number of nitrogens with one attached hydrogen (secondary N) is 1. The molecule has 0 fully saturated rings. The minimum Gasteiger partial charge on any atom is -0.315 e. The lowest BCUT2D eigenvalue weighted by Crippen LogP contribution is -2.27. The summed E-state index contributed by atoms with van der Waals surface area (Å²) in [7, 11) is 0. The molecule has 1 N–H and O–H groups in total. The zero-order valence-corrected chi connectivity index (χ0v) is 10.5. The van der Waals surface area contributed by atoms with Crippen molar-refractivity contribution in [2.45, 2.75) is 39.7 Å². The van der Waals surface area contributed by atoms with Crippen LogP contribution in [0.5, 0.6) is 0 Å². The molecule has 0 heterocycles. The van der Waals surface area contributed by atoms with Crippen molar-refractivity contribution in [3.05, 3.63) is 35.6 Å². The monoisotopic (exact) mass is 223 g/mol. The highest BCUT2D eigenvalue weighted by Gasteiger charge is 2.08. The summed E-state index contributed by atoms with van der Waals surface area (Å²) >= 11 is 0. The second-order valence-electron chi connectivity index (χ2n) is 4.63. The molecule has 0 aliphatic rings. The highest BCUT2D eigenvalue weighted by molar-refractivity contribution is 5.16. The average Bonchev–Trinajstić information content (AvgIpc) is 2.21. The van der Waals surface area contributed by atoms with Crippen molar-refractivity contribution in [2.24, 2.45) is 5.92 Å². The third kappa shape index (κ3) is 4.75. The van der Waals surface area contributed by atoms with Crippen LogP contribution in [-0.4, -0.2) is 12.6 Å². The number of rotatable bonds is 6. The lowest BCUT2D eigenvalue weighted by molar-refractivity contribution is 0.426. The molecule has 0 amide bonds. The summed E-state index contributed by atoms with van der Waals surface area (Å²) in [5.74, 6) is 0.469. The van der Waals surface area contributed by atoms with Crippen molar-refractivity contribution in [3.8, 4) is 0 Å². The van der Waals surface area contributed by atoms with Gasteiger partial charge >= 0.3 is 0 Å². The van der Waals surface area contributed by atoms with E-state index in [1.54, 1.807) is 0 Å². The first-order chi connectivity index (χ1) is 7.61. The lowest BCUT2D eigenvalue weighted by atomic mass is 9.95. The van der Waals surface area contributed by atoms with Crippen LogP contribution in [-0.2, 0) is 6.42 Å². The van der Waals surface area contributed by atoms with Gasteiger partial charge in [0.1, 0.15) is 5.82 Å². The van der Waals surface area contributed by atoms with Gasteiger partial charge < -0.3 is 5.32 Å². The molecule has 1 aromatic rings. The Morgan fingerprint density at radius 1 is 1.19 bits per heavy atom. The van der Waals surface area contributed by atoms with Gasteiger partial charge in [0.2, 0.25) is 0 Å². The van der Waals surface area contributed by atoms with Crippen molar-refractivity contribution < 1.29 is 4.39 Å². The molecule has 1 rings (SSSR count). The van der Waals surface area contributed by atoms with Gasteiger partial charge in [0.15, 0.2) is 0 Å². The smallest absolute Gasteiger partial charge is 0.123 e. The van der Waals surface area contributed by atoms with E-state index in [0.717, 1.165) is 19.4 Å². The van der Waals surface area contributed by atoms with E-state index in [-0.39, 0.29) is 5.82 Å². The van der Waals surface area contributed by atoms with E-state index < -0.39 is 0 Å². The summed E-state index contributed by atoms with van der Waals surface area (Å²) in [6.45, 7) is 7.60. The first kappa shape index (κ1) is 13.2. The summed E-state index contributed by atoms with van der Waals surface area (Å²) in [6, 6.07) is 7.39. The van der Waals surface area contributed by atoms with Crippen molar-refractivity contribution in [3.63, 3.8) is 0 Å². The third-order valence-electron chi connectivity index (χ3n) is 2.81. The Hall–Kier alpha value is -0.890. The Labute approximate surface area is 98.1 Å². The SMILES string of the molecule is CCNC(C)CC(C)Cc1ccc(F)cc1. The van der Waals surface area contributed by atoms with E-state index >= 15 is 0 Å². The van der Waals surface area contributed by atoms with Gasteiger partial charge in [0.25, 0.3) is 0 Å². The van der Waals surface area contributed by atoms with Crippen molar-refractivity contribution in [2.75, 3.05) is 6.54 Å². The summed E-state index contributed by atoms with van der Waals surface area (Å²) < 4.78 is 12.7. The van der Waals surface area contributed by atoms with Crippen molar-refractivity contribution >= 4 is 0 Å². The number of benzene rings is 1. The van der Waals surface area contributed by atoms with Crippen LogP contribution in [0, 0.1) is 11.7 Å². The van der Waals surface area contributed by atoms with E-state index in [2.05, 4.69) is 26.1 Å². The van der Waals surface area contributed by atoms with Crippen LogP contribution in [0.25, 0.3) is 0 Å². The maximum atomic E-state index is 12.7. The Morgan fingerprint density at radius 3 is 2.38 bits per heavy atom. The zero-order valence-electron chi connectivity index (χ0n) is 10.5. The van der Waals surface area contributed by atoms with Crippen LogP contribution < -0.4 is 5.32 Å². The first-order valence-electron chi connectivity index (χ1n) is 6.09. The molecule has 1 nitrogen and oxygen atoms in total. The molecule has 0 saturated carbocycles. The fraction of sp³-hybridized carbons (Fsp3) is 0.571. The lowest BCUT2D eigenvalue weighted by Gasteiger charge is -2.17. The molecule has 0 radical (unpaired) electrons. The summed E-state index contributed by atoms with van der Waals surface area (Å²) in [4.78, 5) is 0. The second-order valence-corrected chi connectivity index (χ2v) is 4.63. The van der Waals surface area contributed by atoms with E-state index in [1.807, 2.05) is 12.1 Å². The van der Waals surface area contributed by atoms with E-state index in [0.29, 0.717) is 12.0 Å². The molecular weight excluding hydrogens is 201 g/mol. The Morgan fingerprint density at radius 2 is 1.81 bits per heavy atom. The van der Waals surface area contributed by atoms with Crippen molar-refractivity contribution in [1.29, 1.82) is 0 Å². The second kappa shape index (κ2) is 6.64. The molecule has 2 unspecified atom stereocenters. The number of hydrogen-bond donors (Lipinski definition) is 1. The van der Waals surface area contributed by atoms with Gasteiger partial charge in [0, 0.05) is 6.04 Å². The third-order valence-corrected chi connectivity index (χ3v) is 2.81. The van der Waals surface area contributed by atoms with Gasteiger partial charge in [0.05, 0.1) is 0 Å². The fourth-order valence-corrected chi connectivity index (χ4v) is 2.14.